The Balaban J connectivity index is 2.48. The Morgan fingerprint density at radius 1 is 1.05 bits per heavy atom. The molecule has 0 fully saturated rings. The largest absolute Gasteiger partial charge is 0.289 e. The molecule has 0 unspecified atom stereocenters. The summed E-state index contributed by atoms with van der Waals surface area (Å²) in [5, 5.41) is 0.639. The molecular weight excluding hydrogens is 268 g/mol. The van der Waals surface area contributed by atoms with E-state index in [4.69, 9.17) is 11.6 Å². The highest BCUT2D eigenvalue weighted by atomic mass is 35.5. The number of carbonyl (C=O) groups excluding carboxylic acids is 1. The van der Waals surface area contributed by atoms with Gasteiger partial charge in [-0.15, -0.1) is 0 Å². The van der Waals surface area contributed by atoms with Gasteiger partial charge in [0.1, 0.15) is 0 Å². The molecule has 0 heterocycles. The summed E-state index contributed by atoms with van der Waals surface area (Å²) in [6.45, 7) is 6.10. The molecule has 0 spiro atoms. The van der Waals surface area contributed by atoms with Gasteiger partial charge in [-0.2, -0.15) is 0 Å². The third kappa shape index (κ3) is 2.94. The molecule has 0 aliphatic rings. The van der Waals surface area contributed by atoms with Gasteiger partial charge in [0, 0.05) is 16.1 Å². The summed E-state index contributed by atoms with van der Waals surface area (Å²) in [5.41, 5.74) is 4.71. The zero-order valence-electron chi connectivity index (χ0n) is 12.2. The first-order valence-corrected chi connectivity index (χ1v) is 7.37. The summed E-state index contributed by atoms with van der Waals surface area (Å²) < 4.78 is 0. The predicted octanol–water partition coefficient (Wildman–Crippen LogP) is 5.00. The molecule has 104 valence electrons. The van der Waals surface area contributed by atoms with Gasteiger partial charge in [-0.25, -0.2) is 0 Å². The first-order chi connectivity index (χ1) is 9.56. The molecule has 2 aromatic rings. The van der Waals surface area contributed by atoms with Gasteiger partial charge in [-0.05, 0) is 48.6 Å². The fraction of sp³-hybridized carbons (Fsp3) is 0.278. The molecule has 0 N–H and O–H groups in total. The van der Waals surface area contributed by atoms with Crippen LogP contribution in [0.2, 0.25) is 5.02 Å². The molecule has 0 aliphatic heterocycles. The van der Waals surface area contributed by atoms with Crippen molar-refractivity contribution in [2.45, 2.75) is 33.6 Å². The molecule has 0 saturated carbocycles. The van der Waals surface area contributed by atoms with E-state index in [1.165, 1.54) is 5.56 Å². The smallest absolute Gasteiger partial charge is 0.193 e. The lowest BCUT2D eigenvalue weighted by Gasteiger charge is -2.10. The number of ketones is 1. The van der Waals surface area contributed by atoms with E-state index < -0.39 is 0 Å². The molecule has 0 bridgehead atoms. The van der Waals surface area contributed by atoms with E-state index >= 15 is 0 Å². The average molecular weight is 287 g/mol. The lowest BCUT2D eigenvalue weighted by atomic mass is 9.94. The third-order valence-corrected chi connectivity index (χ3v) is 4.05. The van der Waals surface area contributed by atoms with Crippen LogP contribution in [0.1, 0.15) is 46.5 Å². The van der Waals surface area contributed by atoms with E-state index in [-0.39, 0.29) is 5.78 Å². The van der Waals surface area contributed by atoms with E-state index in [1.807, 2.05) is 25.1 Å². The molecule has 2 aromatic carbocycles. The van der Waals surface area contributed by atoms with Crippen LogP contribution in [-0.4, -0.2) is 5.78 Å². The van der Waals surface area contributed by atoms with Crippen LogP contribution in [0.3, 0.4) is 0 Å². The zero-order valence-corrected chi connectivity index (χ0v) is 12.9. The van der Waals surface area contributed by atoms with Gasteiger partial charge in [0.15, 0.2) is 5.78 Å². The Hall–Kier alpha value is -1.60. The quantitative estimate of drug-likeness (QED) is 0.723. The van der Waals surface area contributed by atoms with Gasteiger partial charge in [0.2, 0.25) is 0 Å². The number of hydrogen-bond donors (Lipinski definition) is 0. The summed E-state index contributed by atoms with van der Waals surface area (Å²) in [6, 6.07) is 11.7. The standard InChI is InChI=1S/C18H19ClO/c1-4-13-7-9-14(5-2)16(10-13)18(20)15-8-6-12(3)17(19)11-15/h6-11H,4-5H2,1-3H3. The molecule has 0 saturated heterocycles. The highest BCUT2D eigenvalue weighted by Gasteiger charge is 2.14. The molecule has 0 atom stereocenters. The maximum Gasteiger partial charge on any atom is 0.193 e. The molecule has 20 heavy (non-hydrogen) atoms. The normalized spacial score (nSPS) is 10.6. The van der Waals surface area contributed by atoms with Gasteiger partial charge in [-0.1, -0.05) is 49.7 Å². The average Bonchev–Trinajstić information content (AvgIpc) is 2.48. The van der Waals surface area contributed by atoms with Crippen molar-refractivity contribution < 1.29 is 4.79 Å². The maximum absolute atomic E-state index is 12.7. The van der Waals surface area contributed by atoms with Crippen molar-refractivity contribution in [3.05, 3.63) is 69.2 Å². The van der Waals surface area contributed by atoms with Gasteiger partial charge in [-0.3, -0.25) is 4.79 Å². The van der Waals surface area contributed by atoms with Crippen molar-refractivity contribution in [3.8, 4) is 0 Å². The summed E-state index contributed by atoms with van der Waals surface area (Å²) >= 11 is 6.13. The van der Waals surface area contributed by atoms with E-state index in [0.29, 0.717) is 10.6 Å². The second kappa shape index (κ2) is 6.23. The first-order valence-electron chi connectivity index (χ1n) is 6.99. The van der Waals surface area contributed by atoms with Crippen molar-refractivity contribution in [2.75, 3.05) is 0 Å². The van der Waals surface area contributed by atoms with Gasteiger partial charge >= 0.3 is 0 Å². The van der Waals surface area contributed by atoms with Crippen LogP contribution in [0.25, 0.3) is 0 Å². The monoisotopic (exact) mass is 286 g/mol. The van der Waals surface area contributed by atoms with Crippen molar-refractivity contribution in [1.82, 2.24) is 0 Å². The Morgan fingerprint density at radius 2 is 1.80 bits per heavy atom. The maximum atomic E-state index is 12.7. The number of hydrogen-bond acceptors (Lipinski definition) is 1. The van der Waals surface area contributed by atoms with Crippen LogP contribution in [0.4, 0.5) is 0 Å². The fourth-order valence-electron chi connectivity index (χ4n) is 2.25. The van der Waals surface area contributed by atoms with Gasteiger partial charge in [0.05, 0.1) is 0 Å². The van der Waals surface area contributed by atoms with Crippen LogP contribution in [0.15, 0.2) is 36.4 Å². The number of carbonyl (C=O) groups is 1. The Morgan fingerprint density at radius 3 is 2.40 bits per heavy atom. The van der Waals surface area contributed by atoms with Crippen LogP contribution >= 0.6 is 11.6 Å². The van der Waals surface area contributed by atoms with Crippen LogP contribution in [0, 0.1) is 6.92 Å². The zero-order chi connectivity index (χ0) is 14.7. The van der Waals surface area contributed by atoms with Crippen molar-refractivity contribution >= 4 is 17.4 Å². The van der Waals surface area contributed by atoms with Crippen molar-refractivity contribution in [2.24, 2.45) is 0 Å². The Bertz CT molecular complexity index is 644. The minimum Gasteiger partial charge on any atom is -0.289 e. The van der Waals surface area contributed by atoms with Gasteiger partial charge in [0.25, 0.3) is 0 Å². The first kappa shape index (κ1) is 14.8. The number of benzene rings is 2. The Kier molecular flexibility index (Phi) is 4.61. The highest BCUT2D eigenvalue weighted by Crippen LogP contribution is 2.22. The van der Waals surface area contributed by atoms with Crippen LogP contribution in [0.5, 0.6) is 0 Å². The van der Waals surface area contributed by atoms with Gasteiger partial charge < -0.3 is 0 Å². The molecule has 0 aliphatic carbocycles. The summed E-state index contributed by atoms with van der Waals surface area (Å²) in [6.07, 6.45) is 1.78. The summed E-state index contributed by atoms with van der Waals surface area (Å²) in [5.74, 6) is 0.0547. The van der Waals surface area contributed by atoms with Crippen molar-refractivity contribution in [1.29, 1.82) is 0 Å². The minimum absolute atomic E-state index is 0.0547. The van der Waals surface area contributed by atoms with E-state index in [9.17, 15) is 4.79 Å². The van der Waals surface area contributed by atoms with Crippen LogP contribution in [-0.2, 0) is 12.8 Å². The molecule has 2 heteroatoms. The molecule has 0 aromatic heterocycles. The second-order valence-corrected chi connectivity index (χ2v) is 5.40. The SMILES string of the molecule is CCc1ccc(CC)c(C(=O)c2ccc(C)c(Cl)c2)c1. The number of rotatable bonds is 4. The summed E-state index contributed by atoms with van der Waals surface area (Å²) in [7, 11) is 0. The topological polar surface area (TPSA) is 17.1 Å². The predicted molar refractivity (Wildman–Crippen MR) is 84.8 cm³/mol. The van der Waals surface area contributed by atoms with Crippen LogP contribution < -0.4 is 0 Å². The minimum atomic E-state index is 0.0547. The highest BCUT2D eigenvalue weighted by molar-refractivity contribution is 6.31. The van der Waals surface area contributed by atoms with E-state index in [1.54, 1.807) is 6.07 Å². The van der Waals surface area contributed by atoms with Crippen molar-refractivity contribution in [3.63, 3.8) is 0 Å². The lowest BCUT2D eigenvalue weighted by molar-refractivity contribution is 0.103. The molecular formula is C18H19ClO. The molecule has 0 radical (unpaired) electrons. The van der Waals surface area contributed by atoms with E-state index in [2.05, 4.69) is 26.0 Å². The molecule has 1 nitrogen and oxygen atoms in total. The molecule has 2 rings (SSSR count). The second-order valence-electron chi connectivity index (χ2n) is 4.99. The number of halogens is 1. The lowest BCUT2D eigenvalue weighted by Crippen LogP contribution is -2.06. The summed E-state index contributed by atoms with van der Waals surface area (Å²) in [4.78, 5) is 12.7. The fourth-order valence-corrected chi connectivity index (χ4v) is 2.43. The number of aryl methyl sites for hydroxylation is 3. The Labute approximate surface area is 125 Å². The third-order valence-electron chi connectivity index (χ3n) is 3.64. The molecule has 0 amide bonds. The van der Waals surface area contributed by atoms with E-state index in [0.717, 1.165) is 29.5 Å².